The molecule has 3 saturated heterocycles. The molecule has 3 fully saturated rings. The van der Waals surface area contributed by atoms with Crippen LogP contribution in [0.1, 0.15) is 35.3 Å². The van der Waals surface area contributed by atoms with Crippen LogP contribution in [0.15, 0.2) is 30.5 Å². The number of carbonyl (C=O) groups is 1. The molecule has 120 valence electrons. The van der Waals surface area contributed by atoms with Gasteiger partial charge in [0.25, 0.3) is 5.91 Å². The van der Waals surface area contributed by atoms with E-state index in [0.29, 0.717) is 5.69 Å². The first-order valence-corrected chi connectivity index (χ1v) is 8.57. The second kappa shape index (κ2) is 5.93. The van der Waals surface area contributed by atoms with E-state index in [1.807, 2.05) is 18.2 Å². The average molecular weight is 309 g/mol. The predicted octanol–water partition coefficient (Wildman–Crippen LogP) is 2.76. The van der Waals surface area contributed by atoms with Gasteiger partial charge in [0.15, 0.2) is 0 Å². The largest absolute Gasteiger partial charge is 0.347 e. The number of piperidine rings is 1. The lowest BCUT2D eigenvalue weighted by Crippen LogP contribution is -2.42. The van der Waals surface area contributed by atoms with Gasteiger partial charge < -0.3 is 10.2 Å². The maximum atomic E-state index is 12.6. The van der Waals surface area contributed by atoms with Crippen LogP contribution in [-0.2, 0) is 0 Å². The molecule has 1 aromatic heterocycles. The first-order valence-electron chi connectivity index (χ1n) is 8.57. The lowest BCUT2D eigenvalue weighted by Gasteiger charge is -2.26. The minimum absolute atomic E-state index is 0.0392. The van der Waals surface area contributed by atoms with Crippen molar-refractivity contribution in [1.82, 2.24) is 15.2 Å². The van der Waals surface area contributed by atoms with E-state index < -0.39 is 0 Å². The van der Waals surface area contributed by atoms with Crippen molar-refractivity contribution >= 4 is 16.7 Å². The molecule has 0 spiro atoms. The van der Waals surface area contributed by atoms with Crippen LogP contribution >= 0.6 is 0 Å². The fourth-order valence-corrected chi connectivity index (χ4v) is 4.01. The molecule has 0 radical (unpaired) electrons. The summed E-state index contributed by atoms with van der Waals surface area (Å²) in [6.07, 6.45) is 5.46. The Hall–Kier alpha value is -1.94. The molecule has 1 N–H and O–H groups in total. The minimum atomic E-state index is -0.0392. The Balaban J connectivity index is 1.54. The standard InChI is InChI=1S/C19H23N3O/c1-13-3-2-4-15-11-20-18(10-17(13)15)19(23)21-16-9-14-5-7-22(12-16)8-6-14/h2-4,10-11,14,16H,5-9,12H2,1H3,(H,21,23)/t16-/m1/s1. The molecule has 5 rings (SSSR count). The van der Waals surface area contributed by atoms with Crippen molar-refractivity contribution in [2.45, 2.75) is 32.2 Å². The van der Waals surface area contributed by atoms with Gasteiger partial charge in [0.2, 0.25) is 0 Å². The number of amides is 1. The third-order valence-corrected chi connectivity index (χ3v) is 5.35. The Morgan fingerprint density at radius 3 is 2.96 bits per heavy atom. The van der Waals surface area contributed by atoms with Gasteiger partial charge in [-0.1, -0.05) is 18.2 Å². The summed E-state index contributed by atoms with van der Waals surface area (Å²) in [5, 5.41) is 5.41. The molecule has 0 aliphatic carbocycles. The molecule has 0 saturated carbocycles. The maximum Gasteiger partial charge on any atom is 0.270 e. The highest BCUT2D eigenvalue weighted by atomic mass is 16.1. The van der Waals surface area contributed by atoms with E-state index in [1.54, 1.807) is 6.20 Å². The van der Waals surface area contributed by atoms with E-state index in [0.717, 1.165) is 29.7 Å². The summed E-state index contributed by atoms with van der Waals surface area (Å²) in [6.45, 7) is 5.42. The fourth-order valence-electron chi connectivity index (χ4n) is 4.01. The van der Waals surface area contributed by atoms with E-state index in [-0.39, 0.29) is 11.9 Å². The Morgan fingerprint density at radius 2 is 2.13 bits per heavy atom. The molecule has 4 heteroatoms. The molecule has 2 bridgehead atoms. The highest BCUT2D eigenvalue weighted by molar-refractivity contribution is 5.97. The van der Waals surface area contributed by atoms with Gasteiger partial charge in [-0.3, -0.25) is 9.78 Å². The summed E-state index contributed by atoms with van der Waals surface area (Å²) in [5.74, 6) is 0.730. The normalized spacial score (nSPS) is 26.9. The Labute approximate surface area is 136 Å². The fraction of sp³-hybridized carbons (Fsp3) is 0.474. The third-order valence-electron chi connectivity index (χ3n) is 5.35. The number of fused-ring (bicyclic) bond motifs is 5. The molecule has 1 aromatic carbocycles. The van der Waals surface area contributed by atoms with E-state index in [2.05, 4.69) is 28.2 Å². The Morgan fingerprint density at radius 1 is 1.30 bits per heavy atom. The first-order chi connectivity index (χ1) is 11.2. The summed E-state index contributed by atoms with van der Waals surface area (Å²) in [4.78, 5) is 19.5. The average Bonchev–Trinajstić information content (AvgIpc) is 2.87. The van der Waals surface area contributed by atoms with Crippen molar-refractivity contribution in [1.29, 1.82) is 0 Å². The topological polar surface area (TPSA) is 45.2 Å². The van der Waals surface area contributed by atoms with Crippen LogP contribution in [-0.4, -0.2) is 41.5 Å². The molecule has 3 aliphatic rings. The smallest absolute Gasteiger partial charge is 0.270 e. The SMILES string of the molecule is Cc1cccc2cnc(C(=O)N[C@@H]3CC4CCN(CC4)C3)cc12. The van der Waals surface area contributed by atoms with Gasteiger partial charge in [-0.25, -0.2) is 0 Å². The van der Waals surface area contributed by atoms with Crippen molar-refractivity contribution in [2.75, 3.05) is 19.6 Å². The molecule has 1 amide bonds. The molecule has 1 atom stereocenters. The van der Waals surface area contributed by atoms with Crippen LogP contribution in [0.3, 0.4) is 0 Å². The summed E-state index contributed by atoms with van der Waals surface area (Å²) in [5.41, 5.74) is 1.70. The van der Waals surface area contributed by atoms with E-state index in [4.69, 9.17) is 0 Å². The molecular weight excluding hydrogens is 286 g/mol. The number of pyridine rings is 1. The highest BCUT2D eigenvalue weighted by Crippen LogP contribution is 2.27. The van der Waals surface area contributed by atoms with E-state index in [1.165, 1.54) is 31.5 Å². The van der Waals surface area contributed by atoms with Gasteiger partial charge in [-0.2, -0.15) is 0 Å². The van der Waals surface area contributed by atoms with Gasteiger partial charge in [-0.15, -0.1) is 0 Å². The number of benzene rings is 1. The van der Waals surface area contributed by atoms with Crippen LogP contribution < -0.4 is 5.32 Å². The molecule has 4 heterocycles. The highest BCUT2D eigenvalue weighted by Gasteiger charge is 2.30. The number of aryl methyl sites for hydroxylation is 1. The van der Waals surface area contributed by atoms with Crippen LogP contribution in [0.25, 0.3) is 10.8 Å². The number of nitrogens with one attached hydrogen (secondary N) is 1. The van der Waals surface area contributed by atoms with Crippen LogP contribution in [0.4, 0.5) is 0 Å². The zero-order valence-electron chi connectivity index (χ0n) is 13.6. The number of hydrogen-bond donors (Lipinski definition) is 1. The van der Waals surface area contributed by atoms with Gasteiger partial charge in [0, 0.05) is 24.2 Å². The Bertz CT molecular complexity index is 720. The zero-order valence-corrected chi connectivity index (χ0v) is 13.6. The van der Waals surface area contributed by atoms with Gasteiger partial charge in [0.1, 0.15) is 5.69 Å². The van der Waals surface area contributed by atoms with Crippen molar-refractivity contribution in [3.05, 3.63) is 41.7 Å². The summed E-state index contributed by atoms with van der Waals surface area (Å²) < 4.78 is 0. The monoisotopic (exact) mass is 309 g/mol. The molecular formula is C19H23N3O. The van der Waals surface area contributed by atoms with Crippen molar-refractivity contribution in [3.8, 4) is 0 Å². The number of aromatic nitrogens is 1. The maximum absolute atomic E-state index is 12.6. The molecule has 3 aliphatic heterocycles. The van der Waals surface area contributed by atoms with E-state index in [9.17, 15) is 4.79 Å². The van der Waals surface area contributed by atoms with E-state index >= 15 is 0 Å². The molecule has 23 heavy (non-hydrogen) atoms. The zero-order chi connectivity index (χ0) is 15.8. The predicted molar refractivity (Wildman–Crippen MR) is 91.5 cm³/mol. The first kappa shape index (κ1) is 14.6. The Kier molecular flexibility index (Phi) is 3.77. The van der Waals surface area contributed by atoms with Crippen LogP contribution in [0, 0.1) is 12.8 Å². The van der Waals surface area contributed by atoms with Gasteiger partial charge in [-0.05, 0) is 62.2 Å². The second-order valence-electron chi connectivity index (χ2n) is 7.02. The third kappa shape index (κ3) is 2.95. The van der Waals surface area contributed by atoms with Gasteiger partial charge in [0.05, 0.1) is 0 Å². The number of rotatable bonds is 2. The molecule has 0 unspecified atom stereocenters. The molecule has 4 nitrogen and oxygen atoms in total. The summed E-state index contributed by atoms with van der Waals surface area (Å²) >= 11 is 0. The van der Waals surface area contributed by atoms with Crippen molar-refractivity contribution in [2.24, 2.45) is 5.92 Å². The summed E-state index contributed by atoms with van der Waals surface area (Å²) in [7, 11) is 0. The van der Waals surface area contributed by atoms with Crippen LogP contribution in [0.5, 0.6) is 0 Å². The lowest BCUT2D eigenvalue weighted by atomic mass is 9.94. The number of carbonyl (C=O) groups excluding carboxylic acids is 1. The van der Waals surface area contributed by atoms with Crippen molar-refractivity contribution < 1.29 is 4.79 Å². The number of nitrogens with zero attached hydrogens (tertiary/aromatic N) is 2. The van der Waals surface area contributed by atoms with Gasteiger partial charge >= 0.3 is 0 Å². The lowest BCUT2D eigenvalue weighted by molar-refractivity contribution is 0.0924. The quantitative estimate of drug-likeness (QED) is 0.928. The van der Waals surface area contributed by atoms with Crippen molar-refractivity contribution in [3.63, 3.8) is 0 Å². The minimum Gasteiger partial charge on any atom is -0.347 e. The molecule has 2 aromatic rings. The second-order valence-corrected chi connectivity index (χ2v) is 7.02. The summed E-state index contributed by atoms with van der Waals surface area (Å²) in [6, 6.07) is 8.31. The number of hydrogen-bond acceptors (Lipinski definition) is 3. The van der Waals surface area contributed by atoms with Crippen LogP contribution in [0.2, 0.25) is 0 Å².